The molecule has 0 aliphatic carbocycles. The second-order valence-electron chi connectivity index (χ2n) is 6.48. The van der Waals surface area contributed by atoms with Crippen LogP contribution in [-0.2, 0) is 12.0 Å². The third kappa shape index (κ3) is 3.25. The SMILES string of the molecule is N#CC1(c2ccccc2)CCN(c2ccc(-c3nnc(CO)o3)nn2)CC1. The quantitative estimate of drug-likeness (QED) is 0.751. The topological polar surface area (TPSA) is 112 Å². The number of nitriles is 1. The standard InChI is InChI=1S/C19H18N6O2/c20-13-19(14-4-2-1-3-5-14)8-10-25(11-9-19)16-7-6-15(21-22-16)18-24-23-17(12-26)27-18/h1-7,26H,8-12H2. The molecule has 2 aromatic heterocycles. The van der Waals surface area contributed by atoms with Gasteiger partial charge in [-0.3, -0.25) is 0 Å². The zero-order chi connectivity index (χ0) is 18.7. The van der Waals surface area contributed by atoms with Crippen LogP contribution in [0.25, 0.3) is 11.6 Å². The predicted molar refractivity (Wildman–Crippen MR) is 96.4 cm³/mol. The van der Waals surface area contributed by atoms with Crippen molar-refractivity contribution in [1.82, 2.24) is 20.4 Å². The van der Waals surface area contributed by atoms with E-state index >= 15 is 0 Å². The normalized spacial score (nSPS) is 16.1. The van der Waals surface area contributed by atoms with Gasteiger partial charge in [0.25, 0.3) is 5.89 Å². The highest BCUT2D eigenvalue weighted by atomic mass is 16.4. The number of nitrogens with zero attached hydrogens (tertiary/aromatic N) is 6. The van der Waals surface area contributed by atoms with E-state index in [9.17, 15) is 5.26 Å². The van der Waals surface area contributed by atoms with E-state index in [1.165, 1.54) is 0 Å². The molecule has 4 rings (SSSR count). The Morgan fingerprint density at radius 1 is 1.04 bits per heavy atom. The summed E-state index contributed by atoms with van der Waals surface area (Å²) in [6.07, 6.45) is 1.47. The lowest BCUT2D eigenvalue weighted by molar-refractivity contribution is 0.241. The Hall–Kier alpha value is -3.31. The first kappa shape index (κ1) is 17.1. The molecule has 27 heavy (non-hydrogen) atoms. The summed E-state index contributed by atoms with van der Waals surface area (Å²) in [5.41, 5.74) is 1.08. The molecule has 1 aliphatic heterocycles. The van der Waals surface area contributed by atoms with Crippen molar-refractivity contribution in [2.45, 2.75) is 24.9 Å². The number of piperidine rings is 1. The number of hydrogen-bond acceptors (Lipinski definition) is 8. The van der Waals surface area contributed by atoms with Gasteiger partial charge < -0.3 is 14.4 Å². The Labute approximate surface area is 156 Å². The molecule has 1 N–H and O–H groups in total. The van der Waals surface area contributed by atoms with Gasteiger partial charge in [0, 0.05) is 13.1 Å². The van der Waals surface area contributed by atoms with Crippen LogP contribution in [0, 0.1) is 11.3 Å². The summed E-state index contributed by atoms with van der Waals surface area (Å²) < 4.78 is 5.27. The van der Waals surface area contributed by atoms with Crippen LogP contribution in [0.5, 0.6) is 0 Å². The van der Waals surface area contributed by atoms with E-state index in [1.807, 2.05) is 36.4 Å². The number of aromatic nitrogens is 4. The van der Waals surface area contributed by atoms with Crippen LogP contribution in [-0.4, -0.2) is 38.6 Å². The summed E-state index contributed by atoms with van der Waals surface area (Å²) in [5.74, 6) is 1.12. The molecule has 1 aromatic carbocycles. The van der Waals surface area contributed by atoms with E-state index in [-0.39, 0.29) is 18.4 Å². The van der Waals surface area contributed by atoms with E-state index in [2.05, 4.69) is 31.4 Å². The molecule has 3 aromatic rings. The largest absolute Gasteiger partial charge is 0.417 e. The summed E-state index contributed by atoms with van der Waals surface area (Å²) in [6.45, 7) is 1.14. The first-order valence-electron chi connectivity index (χ1n) is 8.73. The Kier molecular flexibility index (Phi) is 4.52. The maximum Gasteiger partial charge on any atom is 0.268 e. The zero-order valence-corrected chi connectivity index (χ0v) is 14.6. The smallest absolute Gasteiger partial charge is 0.268 e. The van der Waals surface area contributed by atoms with Gasteiger partial charge in [-0.25, -0.2) is 0 Å². The van der Waals surface area contributed by atoms with Crippen LogP contribution in [0.3, 0.4) is 0 Å². The van der Waals surface area contributed by atoms with Crippen LogP contribution in [0.4, 0.5) is 5.82 Å². The first-order chi connectivity index (χ1) is 13.2. The maximum atomic E-state index is 9.80. The molecule has 0 radical (unpaired) electrons. The summed E-state index contributed by atoms with van der Waals surface area (Å²) in [7, 11) is 0. The number of aliphatic hydroxyl groups excluding tert-OH is 1. The molecule has 136 valence electrons. The summed E-state index contributed by atoms with van der Waals surface area (Å²) in [4.78, 5) is 2.13. The third-order valence-electron chi connectivity index (χ3n) is 4.95. The highest BCUT2D eigenvalue weighted by Gasteiger charge is 2.36. The van der Waals surface area contributed by atoms with Gasteiger partial charge in [-0.2, -0.15) is 5.26 Å². The Morgan fingerprint density at radius 3 is 2.41 bits per heavy atom. The Balaban J connectivity index is 1.47. The van der Waals surface area contributed by atoms with E-state index in [0.717, 1.165) is 37.3 Å². The van der Waals surface area contributed by atoms with Crippen molar-refractivity contribution in [2.24, 2.45) is 0 Å². The second-order valence-corrected chi connectivity index (χ2v) is 6.48. The van der Waals surface area contributed by atoms with Crippen molar-refractivity contribution in [3.8, 4) is 17.7 Å². The Bertz CT molecular complexity index is 940. The number of benzene rings is 1. The van der Waals surface area contributed by atoms with Crippen molar-refractivity contribution in [2.75, 3.05) is 18.0 Å². The van der Waals surface area contributed by atoms with Crippen LogP contribution in [0.2, 0.25) is 0 Å². The van der Waals surface area contributed by atoms with Crippen LogP contribution < -0.4 is 4.90 Å². The fourth-order valence-electron chi connectivity index (χ4n) is 3.37. The minimum atomic E-state index is -0.449. The average molecular weight is 362 g/mol. The van der Waals surface area contributed by atoms with Gasteiger partial charge >= 0.3 is 0 Å². The lowest BCUT2D eigenvalue weighted by Gasteiger charge is -2.38. The summed E-state index contributed by atoms with van der Waals surface area (Å²) in [5, 5.41) is 34.7. The van der Waals surface area contributed by atoms with E-state index in [1.54, 1.807) is 6.07 Å². The van der Waals surface area contributed by atoms with Crippen molar-refractivity contribution >= 4 is 5.82 Å². The predicted octanol–water partition coefficient (Wildman–Crippen LogP) is 2.08. The average Bonchev–Trinajstić information content (AvgIpc) is 3.24. The van der Waals surface area contributed by atoms with E-state index in [0.29, 0.717) is 5.69 Å². The van der Waals surface area contributed by atoms with E-state index in [4.69, 9.17) is 9.52 Å². The molecule has 8 nitrogen and oxygen atoms in total. The fraction of sp³-hybridized carbons (Fsp3) is 0.316. The maximum absolute atomic E-state index is 9.80. The fourth-order valence-corrected chi connectivity index (χ4v) is 3.37. The zero-order valence-electron chi connectivity index (χ0n) is 14.6. The van der Waals surface area contributed by atoms with Gasteiger partial charge in [-0.05, 0) is 30.5 Å². The number of rotatable bonds is 4. The monoisotopic (exact) mass is 362 g/mol. The molecule has 0 amide bonds. The van der Waals surface area contributed by atoms with Gasteiger partial charge in [0.2, 0.25) is 5.89 Å². The molecule has 0 unspecified atom stereocenters. The third-order valence-corrected chi connectivity index (χ3v) is 4.95. The lowest BCUT2D eigenvalue weighted by atomic mass is 9.74. The molecule has 0 spiro atoms. The number of aliphatic hydroxyl groups is 1. The molecule has 0 saturated carbocycles. The van der Waals surface area contributed by atoms with Crippen molar-refractivity contribution in [3.05, 3.63) is 53.9 Å². The molecule has 8 heteroatoms. The summed E-state index contributed by atoms with van der Waals surface area (Å²) in [6, 6.07) is 16.1. The molecular weight excluding hydrogens is 344 g/mol. The van der Waals surface area contributed by atoms with Crippen molar-refractivity contribution in [3.63, 3.8) is 0 Å². The molecule has 1 fully saturated rings. The minimum Gasteiger partial charge on any atom is -0.417 e. The van der Waals surface area contributed by atoms with Gasteiger partial charge in [-0.1, -0.05) is 30.3 Å². The van der Waals surface area contributed by atoms with Gasteiger partial charge in [0.1, 0.15) is 12.3 Å². The van der Waals surface area contributed by atoms with Crippen molar-refractivity contribution < 1.29 is 9.52 Å². The molecule has 3 heterocycles. The van der Waals surface area contributed by atoms with Gasteiger partial charge in [0.05, 0.1) is 11.5 Å². The minimum absolute atomic E-state index is 0.140. The van der Waals surface area contributed by atoms with Gasteiger partial charge in [0.15, 0.2) is 5.82 Å². The number of anilines is 1. The highest BCUT2D eigenvalue weighted by molar-refractivity contribution is 5.50. The number of hydrogen-bond donors (Lipinski definition) is 1. The molecule has 0 bridgehead atoms. The van der Waals surface area contributed by atoms with Crippen molar-refractivity contribution in [1.29, 1.82) is 5.26 Å². The van der Waals surface area contributed by atoms with Gasteiger partial charge in [-0.15, -0.1) is 20.4 Å². The second kappa shape index (κ2) is 7.13. The van der Waals surface area contributed by atoms with Crippen LogP contribution in [0.15, 0.2) is 46.9 Å². The summed E-state index contributed by atoms with van der Waals surface area (Å²) >= 11 is 0. The highest BCUT2D eigenvalue weighted by Crippen LogP contribution is 2.36. The first-order valence-corrected chi connectivity index (χ1v) is 8.73. The Morgan fingerprint density at radius 2 is 1.81 bits per heavy atom. The lowest BCUT2D eigenvalue weighted by Crippen LogP contribution is -2.42. The molecule has 0 atom stereocenters. The van der Waals surface area contributed by atoms with E-state index < -0.39 is 5.41 Å². The molecular formula is C19H18N6O2. The molecule has 1 saturated heterocycles. The van der Waals surface area contributed by atoms with Crippen LogP contribution >= 0.6 is 0 Å². The van der Waals surface area contributed by atoms with Crippen LogP contribution in [0.1, 0.15) is 24.3 Å². The molecule has 1 aliphatic rings.